The molecule has 0 saturated carbocycles. The van der Waals surface area contributed by atoms with Crippen molar-refractivity contribution in [3.05, 3.63) is 71.8 Å². The molecule has 2 rings (SSSR count). The zero-order valence-electron chi connectivity index (χ0n) is 12.7. The first-order chi connectivity index (χ1) is 10.1. The van der Waals surface area contributed by atoms with Gasteiger partial charge in [-0.2, -0.15) is 0 Å². The number of hydrogen-bond donors (Lipinski definition) is 0. The van der Waals surface area contributed by atoms with Crippen LogP contribution in [0.2, 0.25) is 0 Å². The second-order valence-corrected chi connectivity index (χ2v) is 5.26. The minimum Gasteiger partial charge on any atom is -0.456 e. The third-order valence-electron chi connectivity index (χ3n) is 3.41. The molecule has 2 atom stereocenters. The minimum atomic E-state index is -0.332. The van der Waals surface area contributed by atoms with Gasteiger partial charge in [-0.15, -0.1) is 0 Å². The summed E-state index contributed by atoms with van der Waals surface area (Å²) >= 11 is 0. The summed E-state index contributed by atoms with van der Waals surface area (Å²) in [5, 5.41) is 0. The van der Waals surface area contributed by atoms with Gasteiger partial charge in [0.05, 0.1) is 6.04 Å². The lowest BCUT2D eigenvalue weighted by atomic mass is 9.94. The molecule has 110 valence electrons. The number of ether oxygens (including phenoxy) is 1. The zero-order valence-corrected chi connectivity index (χ0v) is 12.7. The average molecular weight is 283 g/mol. The number of rotatable bonds is 5. The lowest BCUT2D eigenvalue weighted by molar-refractivity contribution is -0.150. The largest absolute Gasteiger partial charge is 0.456 e. The topological polar surface area (TPSA) is 29.5 Å². The van der Waals surface area contributed by atoms with Crippen LogP contribution in [0.1, 0.15) is 30.2 Å². The highest BCUT2D eigenvalue weighted by atomic mass is 16.5. The first-order valence-corrected chi connectivity index (χ1v) is 7.03. The molecule has 0 bridgehead atoms. The van der Waals surface area contributed by atoms with E-state index in [4.69, 9.17) is 4.74 Å². The van der Waals surface area contributed by atoms with Crippen LogP contribution in [0.15, 0.2) is 60.7 Å². The second kappa shape index (κ2) is 7.04. The molecule has 2 unspecified atom stereocenters. The average Bonchev–Trinajstić information content (AvgIpc) is 2.48. The SMILES string of the molecule is CC(=O)OC(c1ccccc1)C(c1ccccc1)N(C)C. The van der Waals surface area contributed by atoms with Gasteiger partial charge in [-0.25, -0.2) is 0 Å². The fourth-order valence-corrected chi connectivity index (χ4v) is 2.53. The predicted molar refractivity (Wildman–Crippen MR) is 83.8 cm³/mol. The molecule has 0 N–H and O–H groups in total. The van der Waals surface area contributed by atoms with Crippen molar-refractivity contribution in [2.24, 2.45) is 0 Å². The summed E-state index contributed by atoms with van der Waals surface area (Å²) < 4.78 is 5.63. The Kier molecular flexibility index (Phi) is 5.12. The van der Waals surface area contributed by atoms with Gasteiger partial charge in [0.1, 0.15) is 6.10 Å². The molecule has 2 aromatic carbocycles. The van der Waals surface area contributed by atoms with Gasteiger partial charge in [-0.1, -0.05) is 60.7 Å². The number of nitrogens with zero attached hydrogens (tertiary/aromatic N) is 1. The molecule has 3 nitrogen and oxygen atoms in total. The zero-order chi connectivity index (χ0) is 15.2. The van der Waals surface area contributed by atoms with Crippen molar-refractivity contribution in [2.75, 3.05) is 14.1 Å². The molecule has 0 fully saturated rings. The smallest absolute Gasteiger partial charge is 0.303 e. The van der Waals surface area contributed by atoms with E-state index in [2.05, 4.69) is 17.0 Å². The molecular weight excluding hydrogens is 262 g/mol. The molecule has 0 aliphatic carbocycles. The summed E-state index contributed by atoms with van der Waals surface area (Å²) in [6, 6.07) is 19.9. The molecule has 0 amide bonds. The summed E-state index contributed by atoms with van der Waals surface area (Å²) in [6.45, 7) is 1.45. The van der Waals surface area contributed by atoms with E-state index in [-0.39, 0.29) is 18.1 Å². The van der Waals surface area contributed by atoms with Crippen molar-refractivity contribution >= 4 is 5.97 Å². The van der Waals surface area contributed by atoms with Gasteiger partial charge in [-0.3, -0.25) is 9.69 Å². The molecule has 0 spiro atoms. The van der Waals surface area contributed by atoms with Crippen LogP contribution in [0.3, 0.4) is 0 Å². The van der Waals surface area contributed by atoms with E-state index >= 15 is 0 Å². The first kappa shape index (κ1) is 15.3. The van der Waals surface area contributed by atoms with Crippen molar-refractivity contribution in [3.8, 4) is 0 Å². The summed E-state index contributed by atoms with van der Waals surface area (Å²) in [7, 11) is 3.99. The lowest BCUT2D eigenvalue weighted by Crippen LogP contribution is -2.29. The Bertz CT molecular complexity index is 566. The van der Waals surface area contributed by atoms with Gasteiger partial charge < -0.3 is 4.74 Å². The second-order valence-electron chi connectivity index (χ2n) is 5.26. The molecule has 0 radical (unpaired) electrons. The van der Waals surface area contributed by atoms with E-state index < -0.39 is 0 Å². The van der Waals surface area contributed by atoms with Crippen LogP contribution in [0, 0.1) is 0 Å². The lowest BCUT2D eigenvalue weighted by Gasteiger charge is -2.32. The van der Waals surface area contributed by atoms with Crippen LogP contribution in [0.4, 0.5) is 0 Å². The fourth-order valence-electron chi connectivity index (χ4n) is 2.53. The van der Waals surface area contributed by atoms with Crippen molar-refractivity contribution < 1.29 is 9.53 Å². The Balaban J connectivity index is 2.43. The molecule has 0 aromatic heterocycles. The van der Waals surface area contributed by atoms with Gasteiger partial charge in [0.25, 0.3) is 0 Å². The van der Waals surface area contributed by atoms with E-state index in [1.807, 2.05) is 62.6 Å². The van der Waals surface area contributed by atoms with Gasteiger partial charge in [0.2, 0.25) is 0 Å². The maximum atomic E-state index is 11.5. The van der Waals surface area contributed by atoms with Crippen molar-refractivity contribution in [1.29, 1.82) is 0 Å². The highest BCUT2D eigenvalue weighted by molar-refractivity contribution is 5.66. The van der Waals surface area contributed by atoms with E-state index in [1.165, 1.54) is 6.92 Å². The van der Waals surface area contributed by atoms with Gasteiger partial charge >= 0.3 is 5.97 Å². The Morgan fingerprint density at radius 1 is 0.905 bits per heavy atom. The fraction of sp³-hybridized carbons (Fsp3) is 0.278. The quantitative estimate of drug-likeness (QED) is 0.785. The Labute approximate surface area is 126 Å². The third kappa shape index (κ3) is 3.92. The highest BCUT2D eigenvalue weighted by Gasteiger charge is 2.29. The number of carbonyl (C=O) groups excluding carboxylic acids is 1. The van der Waals surface area contributed by atoms with E-state index in [0.29, 0.717) is 0 Å². The van der Waals surface area contributed by atoms with Crippen molar-refractivity contribution in [1.82, 2.24) is 4.90 Å². The van der Waals surface area contributed by atoms with Gasteiger partial charge in [0.15, 0.2) is 0 Å². The van der Waals surface area contributed by atoms with Crippen LogP contribution >= 0.6 is 0 Å². The predicted octanol–water partition coefficient (Wildman–Crippen LogP) is 3.59. The van der Waals surface area contributed by atoms with Crippen LogP contribution in [0.25, 0.3) is 0 Å². The number of carbonyl (C=O) groups is 1. The monoisotopic (exact) mass is 283 g/mol. The number of likely N-dealkylation sites (N-methyl/N-ethyl adjacent to an activating group) is 1. The van der Waals surface area contributed by atoms with Crippen molar-refractivity contribution in [3.63, 3.8) is 0 Å². The maximum absolute atomic E-state index is 11.5. The van der Waals surface area contributed by atoms with Crippen LogP contribution in [0.5, 0.6) is 0 Å². The Morgan fingerprint density at radius 2 is 1.38 bits per heavy atom. The summed E-state index contributed by atoms with van der Waals surface area (Å²) in [6.07, 6.45) is -0.332. The van der Waals surface area contributed by atoms with Gasteiger partial charge in [0, 0.05) is 6.92 Å². The van der Waals surface area contributed by atoms with Crippen molar-refractivity contribution in [2.45, 2.75) is 19.1 Å². The molecule has 21 heavy (non-hydrogen) atoms. The molecule has 0 heterocycles. The van der Waals surface area contributed by atoms with Gasteiger partial charge in [-0.05, 0) is 25.2 Å². The number of esters is 1. The molecule has 0 aliphatic heterocycles. The van der Waals surface area contributed by atoms with E-state index in [9.17, 15) is 4.79 Å². The Hall–Kier alpha value is -2.13. The maximum Gasteiger partial charge on any atom is 0.303 e. The highest BCUT2D eigenvalue weighted by Crippen LogP contribution is 2.35. The van der Waals surface area contributed by atoms with E-state index in [1.54, 1.807) is 0 Å². The summed E-state index contributed by atoms with van der Waals surface area (Å²) in [5.74, 6) is -0.272. The molecule has 3 heteroatoms. The first-order valence-electron chi connectivity index (χ1n) is 7.03. The number of benzene rings is 2. The molecule has 2 aromatic rings. The Morgan fingerprint density at radius 3 is 1.81 bits per heavy atom. The normalized spacial score (nSPS) is 13.7. The van der Waals surface area contributed by atoms with Crippen LogP contribution in [-0.2, 0) is 9.53 Å². The molecule has 0 aliphatic rings. The summed E-state index contributed by atoms with van der Waals surface area (Å²) in [4.78, 5) is 13.6. The number of hydrogen-bond acceptors (Lipinski definition) is 3. The van der Waals surface area contributed by atoms with Crippen LogP contribution < -0.4 is 0 Å². The molecule has 0 saturated heterocycles. The van der Waals surface area contributed by atoms with Crippen LogP contribution in [-0.4, -0.2) is 25.0 Å². The molecular formula is C18H21NO2. The third-order valence-corrected chi connectivity index (χ3v) is 3.41. The minimum absolute atomic E-state index is 0.0301. The summed E-state index contributed by atoms with van der Waals surface area (Å²) in [5.41, 5.74) is 2.12. The van der Waals surface area contributed by atoms with E-state index in [0.717, 1.165) is 11.1 Å². The standard InChI is InChI=1S/C18H21NO2/c1-14(20)21-18(16-12-8-5-9-13-16)17(19(2)3)15-10-6-4-7-11-15/h4-13,17-18H,1-3H3.